The van der Waals surface area contributed by atoms with Gasteiger partial charge in [0.2, 0.25) is 5.78 Å². The van der Waals surface area contributed by atoms with E-state index in [-0.39, 0.29) is 5.78 Å². The number of benzene rings is 3. The molecule has 4 heteroatoms. The summed E-state index contributed by atoms with van der Waals surface area (Å²) in [5.41, 5.74) is 3.13. The molecule has 0 saturated carbocycles. The lowest BCUT2D eigenvalue weighted by atomic mass is 10.0. The minimum Gasteiger partial charge on any atom is -0.489 e. The van der Waals surface area contributed by atoms with Crippen molar-refractivity contribution in [3.05, 3.63) is 101 Å². The molecule has 3 aromatic carbocycles. The first kappa shape index (κ1) is 20.3. The Kier molecular flexibility index (Phi) is 6.80. The van der Waals surface area contributed by atoms with E-state index in [0.717, 1.165) is 17.5 Å². The first-order chi connectivity index (χ1) is 14.1. The van der Waals surface area contributed by atoms with Crippen molar-refractivity contribution in [1.82, 2.24) is 0 Å². The second kappa shape index (κ2) is 9.69. The highest BCUT2D eigenvalue weighted by molar-refractivity contribution is 6.01. The van der Waals surface area contributed by atoms with Gasteiger partial charge in [-0.3, -0.25) is 4.79 Å². The zero-order valence-electron chi connectivity index (χ0n) is 16.6. The predicted octanol–water partition coefficient (Wildman–Crippen LogP) is 5.26. The number of carbonyl (C=O) groups is 2. The molecule has 29 heavy (non-hydrogen) atoms. The van der Waals surface area contributed by atoms with Crippen LogP contribution in [0.15, 0.2) is 78.9 Å². The van der Waals surface area contributed by atoms with E-state index in [1.165, 1.54) is 0 Å². The van der Waals surface area contributed by atoms with Crippen molar-refractivity contribution in [1.29, 1.82) is 0 Å². The topological polar surface area (TPSA) is 52.6 Å². The summed E-state index contributed by atoms with van der Waals surface area (Å²) in [6, 6.07) is 23.9. The van der Waals surface area contributed by atoms with Crippen LogP contribution in [0.3, 0.4) is 0 Å². The van der Waals surface area contributed by atoms with Crippen LogP contribution in [0.4, 0.5) is 0 Å². The third-order valence-corrected chi connectivity index (χ3v) is 4.64. The van der Waals surface area contributed by atoms with Crippen LogP contribution in [0.2, 0.25) is 0 Å². The lowest BCUT2D eigenvalue weighted by Gasteiger charge is -2.13. The van der Waals surface area contributed by atoms with E-state index in [9.17, 15) is 9.59 Å². The summed E-state index contributed by atoms with van der Waals surface area (Å²) in [5, 5.41) is 0. The van der Waals surface area contributed by atoms with E-state index in [2.05, 4.69) is 6.92 Å². The van der Waals surface area contributed by atoms with Crippen LogP contribution < -0.4 is 4.74 Å². The van der Waals surface area contributed by atoms with Gasteiger partial charge in [-0.1, -0.05) is 61.5 Å². The predicted molar refractivity (Wildman–Crippen MR) is 112 cm³/mol. The quantitative estimate of drug-likeness (QED) is 0.390. The number of hydrogen-bond donors (Lipinski definition) is 0. The molecule has 3 aromatic rings. The van der Waals surface area contributed by atoms with Crippen molar-refractivity contribution in [3.63, 3.8) is 0 Å². The highest BCUT2D eigenvalue weighted by Crippen LogP contribution is 2.16. The number of esters is 1. The first-order valence-electron chi connectivity index (χ1n) is 9.67. The monoisotopic (exact) mass is 388 g/mol. The summed E-state index contributed by atoms with van der Waals surface area (Å²) in [4.78, 5) is 24.9. The summed E-state index contributed by atoms with van der Waals surface area (Å²) in [6.45, 7) is 4.09. The molecule has 0 aliphatic carbocycles. The molecule has 0 amide bonds. The van der Waals surface area contributed by atoms with Crippen LogP contribution >= 0.6 is 0 Å². The Morgan fingerprint density at radius 1 is 0.793 bits per heavy atom. The molecule has 0 aliphatic rings. The van der Waals surface area contributed by atoms with Gasteiger partial charge in [0, 0.05) is 5.56 Å². The van der Waals surface area contributed by atoms with Gasteiger partial charge in [-0.25, -0.2) is 4.79 Å². The van der Waals surface area contributed by atoms with Crippen molar-refractivity contribution in [3.8, 4) is 5.75 Å². The molecule has 0 fully saturated rings. The van der Waals surface area contributed by atoms with Crippen LogP contribution in [-0.4, -0.2) is 17.9 Å². The third-order valence-electron chi connectivity index (χ3n) is 4.64. The Morgan fingerprint density at radius 3 is 2.03 bits per heavy atom. The second-order valence-electron chi connectivity index (χ2n) is 6.76. The third kappa shape index (κ3) is 5.55. The van der Waals surface area contributed by atoms with E-state index >= 15 is 0 Å². The minimum absolute atomic E-state index is 0.219. The maximum absolute atomic E-state index is 12.5. The van der Waals surface area contributed by atoms with Gasteiger partial charge in [0.15, 0.2) is 6.10 Å². The zero-order valence-corrected chi connectivity index (χ0v) is 16.6. The van der Waals surface area contributed by atoms with E-state index in [0.29, 0.717) is 23.5 Å². The van der Waals surface area contributed by atoms with Crippen molar-refractivity contribution in [2.45, 2.75) is 33.0 Å². The summed E-state index contributed by atoms with van der Waals surface area (Å²) in [5.74, 6) is -0.0972. The number of Topliss-reactive ketones (excluding diaryl/α,β-unsaturated/α-hetero) is 1. The minimum atomic E-state index is -0.857. The average molecular weight is 388 g/mol. The normalized spacial score (nSPS) is 11.5. The van der Waals surface area contributed by atoms with Gasteiger partial charge < -0.3 is 9.47 Å². The molecule has 0 heterocycles. The van der Waals surface area contributed by atoms with E-state index in [1.54, 1.807) is 43.3 Å². The highest BCUT2D eigenvalue weighted by Gasteiger charge is 2.20. The Hall–Kier alpha value is -3.40. The fraction of sp³-hybridized carbons (Fsp3) is 0.200. The van der Waals surface area contributed by atoms with Gasteiger partial charge in [0.05, 0.1) is 5.56 Å². The molecule has 3 rings (SSSR count). The maximum atomic E-state index is 12.5. The largest absolute Gasteiger partial charge is 0.489 e. The lowest BCUT2D eigenvalue weighted by Crippen LogP contribution is -2.24. The second-order valence-corrected chi connectivity index (χ2v) is 6.76. The van der Waals surface area contributed by atoms with Crippen molar-refractivity contribution >= 4 is 11.8 Å². The Balaban J connectivity index is 1.56. The van der Waals surface area contributed by atoms with Crippen LogP contribution in [0.1, 0.15) is 45.7 Å². The number of ketones is 1. The van der Waals surface area contributed by atoms with Crippen molar-refractivity contribution in [2.75, 3.05) is 0 Å². The van der Waals surface area contributed by atoms with E-state index < -0.39 is 12.1 Å². The van der Waals surface area contributed by atoms with Gasteiger partial charge in [0.25, 0.3) is 0 Å². The van der Waals surface area contributed by atoms with Crippen molar-refractivity contribution < 1.29 is 19.1 Å². The van der Waals surface area contributed by atoms with Crippen LogP contribution in [0.5, 0.6) is 5.75 Å². The molecule has 1 atom stereocenters. The molecule has 148 valence electrons. The van der Waals surface area contributed by atoms with Gasteiger partial charge >= 0.3 is 5.97 Å². The van der Waals surface area contributed by atoms with Crippen LogP contribution in [0, 0.1) is 0 Å². The van der Waals surface area contributed by atoms with Gasteiger partial charge in [0.1, 0.15) is 12.4 Å². The number of aryl methyl sites for hydroxylation is 1. The summed E-state index contributed by atoms with van der Waals surface area (Å²) >= 11 is 0. The molecule has 0 aliphatic heterocycles. The molecule has 0 bridgehead atoms. The van der Waals surface area contributed by atoms with E-state index in [1.807, 2.05) is 42.5 Å². The molecule has 4 nitrogen and oxygen atoms in total. The van der Waals surface area contributed by atoms with E-state index in [4.69, 9.17) is 9.47 Å². The molecule has 0 saturated heterocycles. The smallest absolute Gasteiger partial charge is 0.338 e. The van der Waals surface area contributed by atoms with Gasteiger partial charge in [-0.15, -0.1) is 0 Å². The van der Waals surface area contributed by atoms with Gasteiger partial charge in [-0.05, 0) is 48.7 Å². The zero-order chi connectivity index (χ0) is 20.6. The molecule has 0 unspecified atom stereocenters. The number of rotatable bonds is 8. The molecular formula is C25H24O4. The SMILES string of the molecule is CCc1ccc(C(=O)[C@H](C)OC(=O)c2ccc(OCc3ccccc3)cc2)cc1. The van der Waals surface area contributed by atoms with Gasteiger partial charge in [-0.2, -0.15) is 0 Å². The first-order valence-corrected chi connectivity index (χ1v) is 9.67. The molecule has 0 N–H and O–H groups in total. The van der Waals surface area contributed by atoms with Crippen LogP contribution in [0.25, 0.3) is 0 Å². The Morgan fingerprint density at radius 2 is 1.41 bits per heavy atom. The Labute approximate surface area is 171 Å². The molecule has 0 radical (unpaired) electrons. The van der Waals surface area contributed by atoms with Crippen molar-refractivity contribution in [2.24, 2.45) is 0 Å². The highest BCUT2D eigenvalue weighted by atomic mass is 16.5. The number of carbonyl (C=O) groups excluding carboxylic acids is 2. The number of ether oxygens (including phenoxy) is 2. The Bertz CT molecular complexity index is 944. The average Bonchev–Trinajstić information content (AvgIpc) is 2.78. The van der Waals surface area contributed by atoms with Crippen LogP contribution in [-0.2, 0) is 17.8 Å². The summed E-state index contributed by atoms with van der Waals surface area (Å²) in [6.07, 6.45) is 0.0494. The lowest BCUT2D eigenvalue weighted by molar-refractivity contribution is 0.0319. The fourth-order valence-electron chi connectivity index (χ4n) is 2.85. The fourth-order valence-corrected chi connectivity index (χ4v) is 2.85. The summed E-state index contributed by atoms with van der Waals surface area (Å²) in [7, 11) is 0. The molecule has 0 spiro atoms. The molecular weight excluding hydrogens is 364 g/mol. The standard InChI is InChI=1S/C25H24O4/c1-3-19-9-11-21(12-10-19)24(26)18(2)29-25(27)22-13-15-23(16-14-22)28-17-20-7-5-4-6-8-20/h4-16,18H,3,17H2,1-2H3/t18-/m0/s1. The maximum Gasteiger partial charge on any atom is 0.338 e. The number of hydrogen-bond acceptors (Lipinski definition) is 4. The summed E-state index contributed by atoms with van der Waals surface area (Å²) < 4.78 is 11.1. The molecule has 0 aromatic heterocycles.